The van der Waals surface area contributed by atoms with Gasteiger partial charge in [-0.2, -0.15) is 0 Å². The Morgan fingerprint density at radius 3 is 1.37 bits per heavy atom. The molecule has 0 N–H and O–H groups in total. The van der Waals surface area contributed by atoms with E-state index in [9.17, 15) is 0 Å². The maximum Gasteiger partial charge on any atom is 0.115 e. The molecule has 1 aromatic rings. The maximum atomic E-state index is 3.67. The second-order valence-corrected chi connectivity index (χ2v) is 13.5. The predicted molar refractivity (Wildman–Crippen MR) is 86.9 cm³/mol. The molecule has 0 unspecified atom stereocenters. The van der Waals surface area contributed by atoms with Crippen molar-refractivity contribution in [2.24, 2.45) is 0 Å². The quantitative estimate of drug-likeness (QED) is 0.547. The van der Waals surface area contributed by atoms with Gasteiger partial charge in [0.05, 0.1) is 0 Å². The predicted octanol–water partition coefficient (Wildman–Crippen LogP) is 5.36. The first-order valence-electron chi connectivity index (χ1n) is 7.88. The fraction of sp³-hybridized carbons (Fsp3) is 0.750. The number of unbranched alkanes of at least 4 members (excludes halogenated alkanes) is 3. The van der Waals surface area contributed by atoms with E-state index in [-0.39, 0.29) is 0 Å². The molecule has 0 bridgehead atoms. The summed E-state index contributed by atoms with van der Waals surface area (Å²) in [6.07, 6.45) is 13.7. The Hall–Kier alpha value is -0.121. The van der Waals surface area contributed by atoms with Gasteiger partial charge in [-0.25, -0.2) is 9.97 Å². The molecule has 1 aromatic heterocycles. The molecule has 0 saturated heterocycles. The van der Waals surface area contributed by atoms with Gasteiger partial charge in [0.1, 0.15) is 6.33 Å². The van der Waals surface area contributed by atoms with Crippen LogP contribution in [0.5, 0.6) is 0 Å². The molecule has 0 saturated carbocycles. The smallest absolute Gasteiger partial charge is 0.115 e. The molecule has 1 radical (unpaired) electrons. The minimum Gasteiger partial charge on any atom is -0.245 e. The fourth-order valence-electron chi connectivity index (χ4n) is 1.91. The Labute approximate surface area is 127 Å². The second kappa shape index (κ2) is 15.9. The molecule has 1 heterocycles. The first kappa shape index (κ1) is 18.9. The zero-order chi connectivity index (χ0) is 14.2. The molecule has 1 rings (SSSR count). The van der Waals surface area contributed by atoms with Crippen molar-refractivity contribution < 1.29 is 0 Å². The average molecular weight is 370 g/mol. The summed E-state index contributed by atoms with van der Waals surface area (Å²) in [5.41, 5.74) is 0. The van der Waals surface area contributed by atoms with Crippen molar-refractivity contribution >= 4 is 19.8 Å². The molecule has 0 spiro atoms. The van der Waals surface area contributed by atoms with Crippen LogP contribution < -0.4 is 0 Å². The molecule has 19 heavy (non-hydrogen) atoms. The van der Waals surface area contributed by atoms with Crippen molar-refractivity contribution in [1.29, 1.82) is 0 Å². The Kier molecular flexibility index (Phi) is 15.8. The summed E-state index contributed by atoms with van der Waals surface area (Å²) in [7, 11) is 0. The van der Waals surface area contributed by atoms with Crippen LogP contribution in [0.4, 0.5) is 0 Å². The number of hydrogen-bond donors (Lipinski definition) is 0. The Morgan fingerprint density at radius 1 is 0.737 bits per heavy atom. The molecule has 0 aliphatic heterocycles. The minimum absolute atomic E-state index is 0.839. The van der Waals surface area contributed by atoms with E-state index in [4.69, 9.17) is 0 Å². The molecule has 0 aliphatic carbocycles. The number of nitrogens with zero attached hydrogens (tertiary/aromatic N) is 2. The van der Waals surface area contributed by atoms with Gasteiger partial charge in [0.25, 0.3) is 0 Å². The largest absolute Gasteiger partial charge is 0.245 e. The zero-order valence-corrected chi connectivity index (χ0v) is 15.9. The van der Waals surface area contributed by atoms with E-state index in [1.807, 2.05) is 0 Å². The minimum atomic E-state index is -0.839. The molecule has 0 atom stereocenters. The van der Waals surface area contributed by atoms with Crippen LogP contribution >= 0.6 is 0 Å². The summed E-state index contributed by atoms with van der Waals surface area (Å²) in [4.78, 5) is 7.35. The van der Waals surface area contributed by atoms with Crippen LogP contribution in [-0.2, 0) is 0 Å². The van der Waals surface area contributed by atoms with Gasteiger partial charge in [-0.15, -0.1) is 0 Å². The van der Waals surface area contributed by atoms with Crippen molar-refractivity contribution in [3.05, 3.63) is 24.8 Å². The van der Waals surface area contributed by atoms with Crippen LogP contribution in [0, 0.1) is 0 Å². The van der Waals surface area contributed by atoms with E-state index in [2.05, 4.69) is 30.7 Å². The van der Waals surface area contributed by atoms with Gasteiger partial charge < -0.3 is 0 Å². The number of rotatable bonds is 9. The van der Waals surface area contributed by atoms with Crippen molar-refractivity contribution in [2.75, 3.05) is 0 Å². The van der Waals surface area contributed by atoms with Gasteiger partial charge in [0.15, 0.2) is 0 Å². The van der Waals surface area contributed by atoms with E-state index < -0.39 is 19.8 Å². The molecular weight excluding hydrogens is 339 g/mol. The van der Waals surface area contributed by atoms with Crippen molar-refractivity contribution in [1.82, 2.24) is 9.97 Å². The average Bonchev–Trinajstić information content (AvgIpc) is 2.49. The molecule has 3 heteroatoms. The Morgan fingerprint density at radius 2 is 1.16 bits per heavy atom. The van der Waals surface area contributed by atoms with Gasteiger partial charge in [-0.05, 0) is 6.07 Å². The molecule has 0 aliphatic rings. The topological polar surface area (TPSA) is 25.8 Å². The van der Waals surface area contributed by atoms with Crippen molar-refractivity contribution in [2.45, 2.75) is 72.6 Å². The summed E-state index contributed by atoms with van der Waals surface area (Å²) in [5, 5.41) is 0. The molecule has 0 aromatic carbocycles. The van der Waals surface area contributed by atoms with E-state index >= 15 is 0 Å². The van der Waals surface area contributed by atoms with E-state index in [0.29, 0.717) is 0 Å². The second-order valence-electron chi connectivity index (χ2n) is 4.96. The number of aromatic nitrogens is 2. The summed E-state index contributed by atoms with van der Waals surface area (Å²) in [6, 6.07) is 1.78. The van der Waals surface area contributed by atoms with Crippen molar-refractivity contribution in [3.63, 3.8) is 0 Å². The third-order valence-electron chi connectivity index (χ3n) is 3.13. The van der Waals surface area contributed by atoms with Gasteiger partial charge >= 0.3 is 92.4 Å². The van der Waals surface area contributed by atoms with Crippen LogP contribution in [0.1, 0.15) is 59.3 Å². The SMILES string of the molecule is CCC[CH2][Sn]([CH2]CCC)[CH2]CCC.c1cncnc1. The zero-order valence-electron chi connectivity index (χ0n) is 13.1. The van der Waals surface area contributed by atoms with Crippen LogP contribution in [0.25, 0.3) is 0 Å². The summed E-state index contributed by atoms with van der Waals surface area (Å²) < 4.78 is 5.04. The van der Waals surface area contributed by atoms with Gasteiger partial charge in [0.2, 0.25) is 0 Å². The van der Waals surface area contributed by atoms with Crippen LogP contribution in [0.3, 0.4) is 0 Å². The Bertz CT molecular complexity index is 208. The molecule has 0 fully saturated rings. The normalized spacial score (nSPS) is 10.1. The van der Waals surface area contributed by atoms with Crippen molar-refractivity contribution in [3.8, 4) is 0 Å². The maximum absolute atomic E-state index is 3.67. The van der Waals surface area contributed by atoms with Gasteiger partial charge in [-0.3, -0.25) is 0 Å². The third-order valence-corrected chi connectivity index (χ3v) is 12.2. The summed E-state index contributed by atoms with van der Waals surface area (Å²) >= 11 is -0.839. The molecule has 2 nitrogen and oxygen atoms in total. The van der Waals surface area contributed by atoms with E-state index in [1.165, 1.54) is 44.9 Å². The first-order chi connectivity index (χ1) is 9.35. The van der Waals surface area contributed by atoms with E-state index in [1.54, 1.807) is 31.8 Å². The standard InChI is InChI=1S/C4H4N2.3C4H9.Sn/c1-2-5-4-6-3-1;3*1-3-4-2;/h1-4H;3*1,3-4H2,2H3;. The monoisotopic (exact) mass is 371 g/mol. The van der Waals surface area contributed by atoms with Crippen LogP contribution in [-0.4, -0.2) is 29.7 Å². The van der Waals surface area contributed by atoms with Gasteiger partial charge in [0, 0.05) is 12.4 Å². The Balaban J connectivity index is 0.000000443. The summed E-state index contributed by atoms with van der Waals surface area (Å²) in [5.74, 6) is 0. The van der Waals surface area contributed by atoms with Crippen LogP contribution in [0.2, 0.25) is 13.3 Å². The molecular formula is C16H31N2Sn. The van der Waals surface area contributed by atoms with Crippen LogP contribution in [0.15, 0.2) is 24.8 Å². The number of hydrogen-bond acceptors (Lipinski definition) is 2. The first-order valence-corrected chi connectivity index (χ1v) is 13.9. The molecule has 0 amide bonds. The fourth-order valence-corrected chi connectivity index (χ4v) is 11.4. The van der Waals surface area contributed by atoms with E-state index in [0.717, 1.165) is 0 Å². The van der Waals surface area contributed by atoms with Gasteiger partial charge in [-0.1, -0.05) is 0 Å². The third kappa shape index (κ3) is 14.1. The molecule has 109 valence electrons. The summed E-state index contributed by atoms with van der Waals surface area (Å²) in [6.45, 7) is 7.00.